The van der Waals surface area contributed by atoms with E-state index in [9.17, 15) is 66.4 Å². The highest BCUT2D eigenvalue weighted by atomic mass is 16.8. The quantitative estimate of drug-likeness (QED) is 0.0894. The molecule has 8 aliphatic rings. The molecule has 0 aromatic heterocycles. The van der Waals surface area contributed by atoms with Gasteiger partial charge < -0.3 is 94.8 Å². The third-order valence-electron chi connectivity index (χ3n) is 19.8. The van der Waals surface area contributed by atoms with E-state index in [1.807, 2.05) is 13.8 Å². The Kier molecular flexibility index (Phi) is 14.9. The van der Waals surface area contributed by atoms with Crippen molar-refractivity contribution in [2.45, 2.75) is 223 Å². The average Bonchev–Trinajstić information content (AvgIpc) is 3.92. The largest absolute Gasteiger partial charge is 0.394 e. The van der Waals surface area contributed by atoms with Crippen LogP contribution in [-0.2, 0) is 28.4 Å². The van der Waals surface area contributed by atoms with Gasteiger partial charge in [0.05, 0.1) is 44.2 Å². The second-order valence-corrected chi connectivity index (χ2v) is 23.6. The smallest absolute Gasteiger partial charge is 0.187 e. The molecule has 3 saturated heterocycles. The first-order valence-electron chi connectivity index (χ1n) is 25.0. The van der Waals surface area contributed by atoms with Gasteiger partial charge in [-0.05, 0) is 109 Å². The summed E-state index contributed by atoms with van der Waals surface area (Å²) in [7, 11) is 0. The van der Waals surface area contributed by atoms with Crippen molar-refractivity contribution in [2.75, 3.05) is 19.8 Å². The van der Waals surface area contributed by atoms with E-state index in [2.05, 4.69) is 34.6 Å². The lowest BCUT2D eigenvalue weighted by Gasteiger charge is -2.64. The zero-order valence-corrected chi connectivity index (χ0v) is 40.1. The maximum absolute atomic E-state index is 12.6. The lowest BCUT2D eigenvalue weighted by molar-refractivity contribution is -0.392. The molecule has 27 unspecified atom stereocenters. The van der Waals surface area contributed by atoms with Gasteiger partial charge in [0.15, 0.2) is 18.9 Å². The van der Waals surface area contributed by atoms with Crippen LogP contribution in [-0.4, -0.2) is 203 Å². The van der Waals surface area contributed by atoms with E-state index >= 15 is 0 Å². The van der Waals surface area contributed by atoms with E-state index in [1.54, 1.807) is 0 Å². The summed E-state index contributed by atoms with van der Waals surface area (Å²) < 4.78 is 36.0. The Bertz CT molecular complexity index is 1710. The SMILES string of the molecule is CC(C)C(O)CCC(C)C1C(O)CC2(C)C3CCC4C(C)(C)C(OC5OC(CO)C(O)C(OC6OC(CO)C(O)C(O)C6OC6OC(CO)C(O)C(O)C6O)C5O)CCC45CC35C(O)CC12C. The number of aliphatic hydroxyl groups is 13. The zero-order valence-electron chi connectivity index (χ0n) is 40.1. The summed E-state index contributed by atoms with van der Waals surface area (Å²) in [5.74, 6) is 0.621. The molecule has 19 nitrogen and oxygen atoms in total. The van der Waals surface area contributed by atoms with Crippen molar-refractivity contribution in [3.8, 4) is 0 Å². The summed E-state index contributed by atoms with van der Waals surface area (Å²) in [5.41, 5.74) is -1.54. The molecule has 5 aliphatic carbocycles. The summed E-state index contributed by atoms with van der Waals surface area (Å²) >= 11 is 0. The molecule has 0 radical (unpaired) electrons. The van der Waals surface area contributed by atoms with Crippen LogP contribution in [0.25, 0.3) is 0 Å². The van der Waals surface area contributed by atoms with Gasteiger partial charge in [-0.15, -0.1) is 0 Å². The number of aliphatic hydroxyl groups excluding tert-OH is 13. The Balaban J connectivity index is 0.990. The highest BCUT2D eigenvalue weighted by Gasteiger charge is 2.85. The lowest BCUT2D eigenvalue weighted by Crippen LogP contribution is -2.67. The molecule has 0 aromatic rings. The molecule has 5 saturated carbocycles. The first-order valence-corrected chi connectivity index (χ1v) is 25.0. The Morgan fingerprint density at radius 1 is 0.567 bits per heavy atom. The summed E-state index contributed by atoms with van der Waals surface area (Å²) in [6.45, 7) is 12.8. The monoisotopic (exact) mass is 963 g/mol. The Labute approximate surface area is 393 Å². The number of hydrogen-bond acceptors (Lipinski definition) is 19. The molecule has 2 spiro atoms. The van der Waals surface area contributed by atoms with Crippen LogP contribution in [0.3, 0.4) is 0 Å². The maximum atomic E-state index is 12.6. The van der Waals surface area contributed by atoms with Gasteiger partial charge >= 0.3 is 0 Å². The van der Waals surface area contributed by atoms with Crippen molar-refractivity contribution in [1.29, 1.82) is 0 Å². The summed E-state index contributed by atoms with van der Waals surface area (Å²) in [6.07, 6.45) is -20.8. The standard InChI is InChI=1S/C48H82O19/c1-20(2)22(52)9-8-21(3)31-23(53)14-45(6)28-11-10-27-44(4,5)30(12-13-47(27)19-48(28,47)29(54)15-46(31,45)7)65-42-38(61)39(34(57)26(18-51)63-42)66-43-40(36(59)33(56)25(17-50)64-43)67-41-37(60)35(58)32(55)24(16-49)62-41/h20-43,49-61H,8-19H2,1-7H3. The van der Waals surface area contributed by atoms with Crippen molar-refractivity contribution in [2.24, 2.45) is 56.7 Å². The van der Waals surface area contributed by atoms with Gasteiger partial charge in [-0.25, -0.2) is 0 Å². The third-order valence-corrected chi connectivity index (χ3v) is 19.8. The van der Waals surface area contributed by atoms with Crippen molar-refractivity contribution in [1.82, 2.24) is 0 Å². The van der Waals surface area contributed by atoms with E-state index in [1.165, 1.54) is 0 Å². The van der Waals surface area contributed by atoms with E-state index in [0.717, 1.165) is 32.1 Å². The fraction of sp³-hybridized carbons (Fsp3) is 1.00. The van der Waals surface area contributed by atoms with Crippen LogP contribution in [0.2, 0.25) is 0 Å². The molecule has 13 N–H and O–H groups in total. The third kappa shape index (κ3) is 8.12. The normalized spacial score (nSPS) is 54.7. The molecule has 3 heterocycles. The van der Waals surface area contributed by atoms with Gasteiger partial charge in [0.1, 0.15) is 73.2 Å². The molecule has 0 aromatic carbocycles. The van der Waals surface area contributed by atoms with E-state index in [0.29, 0.717) is 25.7 Å². The molecule has 3 aliphatic heterocycles. The van der Waals surface area contributed by atoms with Gasteiger partial charge in [-0.2, -0.15) is 0 Å². The second-order valence-electron chi connectivity index (χ2n) is 23.6. The van der Waals surface area contributed by atoms with Crippen molar-refractivity contribution >= 4 is 0 Å². The van der Waals surface area contributed by atoms with Crippen molar-refractivity contribution in [3.05, 3.63) is 0 Å². The summed E-state index contributed by atoms with van der Waals surface area (Å²) in [4.78, 5) is 0. The van der Waals surface area contributed by atoms with Crippen LogP contribution >= 0.6 is 0 Å². The van der Waals surface area contributed by atoms with Crippen molar-refractivity contribution < 1.29 is 94.8 Å². The highest BCUT2D eigenvalue weighted by molar-refractivity contribution is 5.33. The minimum Gasteiger partial charge on any atom is -0.394 e. The van der Waals surface area contributed by atoms with E-state index in [-0.39, 0.29) is 51.2 Å². The number of ether oxygens (including phenoxy) is 6. The van der Waals surface area contributed by atoms with Crippen molar-refractivity contribution in [3.63, 3.8) is 0 Å². The Morgan fingerprint density at radius 3 is 1.73 bits per heavy atom. The lowest BCUT2D eigenvalue weighted by atomic mass is 9.41. The first kappa shape index (κ1) is 52.6. The fourth-order valence-corrected chi connectivity index (χ4v) is 16.0. The maximum Gasteiger partial charge on any atom is 0.187 e. The summed E-state index contributed by atoms with van der Waals surface area (Å²) in [5, 5.41) is 142. The molecule has 8 rings (SSSR count). The summed E-state index contributed by atoms with van der Waals surface area (Å²) in [6, 6.07) is 0. The van der Waals surface area contributed by atoms with Gasteiger partial charge in [0.25, 0.3) is 0 Å². The highest BCUT2D eigenvalue weighted by Crippen LogP contribution is 2.89. The number of fused-ring (bicyclic) bond motifs is 2. The van der Waals surface area contributed by atoms with Gasteiger partial charge in [-0.1, -0.05) is 48.5 Å². The predicted octanol–water partition coefficient (Wildman–Crippen LogP) is -1.37. The fourth-order valence-electron chi connectivity index (χ4n) is 16.0. The van der Waals surface area contributed by atoms with Crippen LogP contribution in [0.15, 0.2) is 0 Å². The Morgan fingerprint density at radius 2 is 1.12 bits per heavy atom. The zero-order chi connectivity index (χ0) is 49.1. The van der Waals surface area contributed by atoms with Crippen LogP contribution in [0.5, 0.6) is 0 Å². The number of hydrogen-bond donors (Lipinski definition) is 13. The predicted molar refractivity (Wildman–Crippen MR) is 233 cm³/mol. The van der Waals surface area contributed by atoms with Crippen LogP contribution in [0, 0.1) is 56.7 Å². The topological polar surface area (TPSA) is 318 Å². The van der Waals surface area contributed by atoms with Crippen LogP contribution in [0.1, 0.15) is 106 Å². The second kappa shape index (κ2) is 18.9. The molecule has 0 bridgehead atoms. The van der Waals surface area contributed by atoms with Gasteiger partial charge in [0, 0.05) is 5.41 Å². The van der Waals surface area contributed by atoms with Crippen LogP contribution < -0.4 is 0 Å². The first-order chi connectivity index (χ1) is 31.4. The van der Waals surface area contributed by atoms with E-state index in [4.69, 9.17) is 28.4 Å². The molecular weight excluding hydrogens is 881 g/mol. The van der Waals surface area contributed by atoms with E-state index < -0.39 is 142 Å². The molecule has 388 valence electrons. The van der Waals surface area contributed by atoms with Crippen LogP contribution in [0.4, 0.5) is 0 Å². The average molecular weight is 963 g/mol. The number of rotatable bonds is 14. The van der Waals surface area contributed by atoms with Gasteiger partial charge in [-0.3, -0.25) is 0 Å². The van der Waals surface area contributed by atoms with Gasteiger partial charge in [0.2, 0.25) is 0 Å². The molecule has 67 heavy (non-hydrogen) atoms. The molecule has 0 amide bonds. The minimum atomic E-state index is -1.92. The molecule has 8 fully saturated rings. The molecule has 27 atom stereocenters. The Hall–Kier alpha value is -0.760. The molecule has 19 heteroatoms. The minimum absolute atomic E-state index is 0.00819. The molecular formula is C48H82O19.